The zero-order chi connectivity index (χ0) is 11.8. The van der Waals surface area contributed by atoms with Gasteiger partial charge in [-0.1, -0.05) is 0 Å². The van der Waals surface area contributed by atoms with Gasteiger partial charge in [-0.05, 0) is 0 Å². The van der Waals surface area contributed by atoms with Gasteiger partial charge >= 0.3 is 98.9 Å². The third-order valence-electron chi connectivity index (χ3n) is 1.05. The summed E-state index contributed by atoms with van der Waals surface area (Å²) < 4.78 is 14.9. The fourth-order valence-corrected chi connectivity index (χ4v) is 2.46. The predicted molar refractivity (Wildman–Crippen MR) is 63.0 cm³/mol. The van der Waals surface area contributed by atoms with Gasteiger partial charge in [0.05, 0.1) is 0 Å². The SMILES string of the molecule is C#CCOP(Cl)(Cl)(OCC#C)OCC#C. The molecule has 0 aliphatic heterocycles. The molecule has 82 valence electrons. The normalized spacial score (nSPS) is 12.9. The molecule has 0 saturated carbocycles. The quantitative estimate of drug-likeness (QED) is 0.546. The van der Waals surface area contributed by atoms with Crippen molar-refractivity contribution in [2.45, 2.75) is 0 Å². The Morgan fingerprint density at radius 1 is 0.800 bits per heavy atom. The van der Waals surface area contributed by atoms with Crippen LogP contribution in [-0.4, -0.2) is 19.8 Å². The van der Waals surface area contributed by atoms with E-state index in [9.17, 15) is 0 Å². The first-order valence-corrected chi connectivity index (χ1v) is 7.48. The summed E-state index contributed by atoms with van der Waals surface area (Å²) in [7, 11) is 0. The van der Waals surface area contributed by atoms with Crippen LogP contribution in [-0.2, 0) is 13.6 Å². The molecule has 0 aromatic rings. The molecule has 0 fully saturated rings. The van der Waals surface area contributed by atoms with Gasteiger partial charge in [-0.2, -0.15) is 0 Å². The van der Waals surface area contributed by atoms with E-state index in [0.717, 1.165) is 0 Å². The molecule has 0 spiro atoms. The molecule has 0 aromatic heterocycles. The molecule has 0 amide bonds. The van der Waals surface area contributed by atoms with Crippen molar-refractivity contribution in [1.82, 2.24) is 0 Å². The average molecular weight is 267 g/mol. The molecule has 0 rings (SSSR count). The van der Waals surface area contributed by atoms with Gasteiger partial charge in [0.25, 0.3) is 0 Å². The van der Waals surface area contributed by atoms with Crippen LogP contribution in [0.25, 0.3) is 0 Å². The summed E-state index contributed by atoms with van der Waals surface area (Å²) in [6, 6.07) is 0. The van der Waals surface area contributed by atoms with Crippen molar-refractivity contribution in [2.24, 2.45) is 0 Å². The Morgan fingerprint density at radius 2 is 1.07 bits per heavy atom. The molecule has 6 heteroatoms. The van der Waals surface area contributed by atoms with Crippen LogP contribution >= 0.6 is 28.5 Å². The Balaban J connectivity index is 4.59. The second kappa shape index (κ2) is 6.22. The molecule has 15 heavy (non-hydrogen) atoms. The third-order valence-corrected chi connectivity index (χ3v) is 4.41. The van der Waals surface area contributed by atoms with Crippen LogP contribution in [0.15, 0.2) is 0 Å². The first kappa shape index (κ1) is 14.6. The topological polar surface area (TPSA) is 27.7 Å². The second-order valence-electron chi connectivity index (χ2n) is 2.13. The summed E-state index contributed by atoms with van der Waals surface area (Å²) in [6.45, 7) is -0.500. The molecule has 0 radical (unpaired) electrons. The average Bonchev–Trinajstić information content (AvgIpc) is 2.22. The zero-order valence-corrected chi connectivity index (χ0v) is 10.2. The summed E-state index contributed by atoms with van der Waals surface area (Å²) >= 11 is 11.7. The van der Waals surface area contributed by atoms with Gasteiger partial charge in [-0.25, -0.2) is 0 Å². The van der Waals surface area contributed by atoms with Gasteiger partial charge in [0, 0.05) is 0 Å². The maximum atomic E-state index is 5.87. The van der Waals surface area contributed by atoms with Crippen molar-refractivity contribution in [1.29, 1.82) is 0 Å². The molecule has 0 aliphatic rings. The molecule has 0 unspecified atom stereocenters. The van der Waals surface area contributed by atoms with Crippen LogP contribution < -0.4 is 0 Å². The molecule has 0 aliphatic carbocycles. The van der Waals surface area contributed by atoms with E-state index in [-0.39, 0.29) is 19.8 Å². The Kier molecular flexibility index (Phi) is 6.04. The van der Waals surface area contributed by atoms with Gasteiger partial charge in [0.15, 0.2) is 0 Å². The van der Waals surface area contributed by atoms with Gasteiger partial charge < -0.3 is 0 Å². The predicted octanol–water partition coefficient (Wildman–Crippen LogP) is 2.54. The Morgan fingerprint density at radius 3 is 1.27 bits per heavy atom. The Labute approximate surface area is 99.1 Å². The van der Waals surface area contributed by atoms with E-state index < -0.39 is 5.99 Å². The van der Waals surface area contributed by atoms with Gasteiger partial charge in [0.1, 0.15) is 0 Å². The summed E-state index contributed by atoms with van der Waals surface area (Å²) in [5.74, 6) is 2.27. The van der Waals surface area contributed by atoms with Crippen molar-refractivity contribution >= 4 is 28.5 Å². The van der Waals surface area contributed by atoms with E-state index >= 15 is 0 Å². The summed E-state index contributed by atoms with van der Waals surface area (Å²) in [6.07, 6.45) is 15.0. The number of halogens is 2. The van der Waals surface area contributed by atoms with E-state index in [4.69, 9.17) is 55.3 Å². The molecule has 0 N–H and O–H groups in total. The van der Waals surface area contributed by atoms with Crippen molar-refractivity contribution in [2.75, 3.05) is 19.8 Å². The molecular weight excluding hydrogens is 258 g/mol. The number of hydrogen-bond donors (Lipinski definition) is 0. The van der Waals surface area contributed by atoms with Crippen LogP contribution in [0.2, 0.25) is 0 Å². The van der Waals surface area contributed by atoms with Crippen molar-refractivity contribution < 1.29 is 13.6 Å². The van der Waals surface area contributed by atoms with E-state index in [2.05, 4.69) is 17.8 Å². The van der Waals surface area contributed by atoms with Crippen LogP contribution in [0, 0.1) is 37.0 Å². The standard InChI is InChI=1S/C9H9Cl2O3P/c1-4-7-12-15(10,11,13-8-5-2)14-9-6-3/h1-3H,7-9H2. The van der Waals surface area contributed by atoms with Crippen molar-refractivity contribution in [3.8, 4) is 37.0 Å². The van der Waals surface area contributed by atoms with Crippen molar-refractivity contribution in [3.05, 3.63) is 0 Å². The first-order valence-electron chi connectivity index (χ1n) is 3.68. The Bertz CT molecular complexity index is 282. The van der Waals surface area contributed by atoms with E-state index in [0.29, 0.717) is 0 Å². The Hall–Kier alpha value is -0.430. The van der Waals surface area contributed by atoms with Gasteiger partial charge in [-0.15, -0.1) is 0 Å². The fraction of sp³-hybridized carbons (Fsp3) is 0.333. The molecule has 3 nitrogen and oxygen atoms in total. The minimum atomic E-state index is -4.27. The van der Waals surface area contributed by atoms with Crippen LogP contribution in [0.1, 0.15) is 0 Å². The minimum absolute atomic E-state index is 0.167. The van der Waals surface area contributed by atoms with E-state index in [1.165, 1.54) is 0 Å². The molecule has 0 saturated heterocycles. The van der Waals surface area contributed by atoms with E-state index in [1.807, 2.05) is 0 Å². The van der Waals surface area contributed by atoms with Crippen LogP contribution in [0.3, 0.4) is 0 Å². The number of terminal acetylenes is 3. The molecular formula is C9H9Cl2O3P. The number of hydrogen-bond acceptors (Lipinski definition) is 3. The van der Waals surface area contributed by atoms with Crippen molar-refractivity contribution in [3.63, 3.8) is 0 Å². The summed E-state index contributed by atoms with van der Waals surface area (Å²) in [5, 5.41) is 0. The molecule has 0 heterocycles. The first-order chi connectivity index (χ1) is 6.96. The summed E-state index contributed by atoms with van der Waals surface area (Å²) in [4.78, 5) is 0. The van der Waals surface area contributed by atoms with Crippen LogP contribution in [0.4, 0.5) is 0 Å². The maximum absolute atomic E-state index is 5.87. The van der Waals surface area contributed by atoms with Gasteiger partial charge in [-0.3, -0.25) is 0 Å². The van der Waals surface area contributed by atoms with Gasteiger partial charge in [0.2, 0.25) is 0 Å². The fourth-order valence-electron chi connectivity index (χ4n) is 0.528. The monoisotopic (exact) mass is 266 g/mol. The van der Waals surface area contributed by atoms with E-state index in [1.54, 1.807) is 0 Å². The zero-order valence-electron chi connectivity index (χ0n) is 7.78. The molecule has 0 bridgehead atoms. The number of rotatable bonds is 6. The molecule has 0 atom stereocenters. The van der Waals surface area contributed by atoms with Crippen LogP contribution in [0.5, 0.6) is 0 Å². The molecule has 0 aromatic carbocycles. The third kappa shape index (κ3) is 5.88. The summed E-state index contributed by atoms with van der Waals surface area (Å²) in [5.41, 5.74) is 0. The second-order valence-corrected chi connectivity index (χ2v) is 8.33.